The zero-order valence-electron chi connectivity index (χ0n) is 19.7. The van der Waals surface area contributed by atoms with E-state index in [4.69, 9.17) is 4.98 Å². The van der Waals surface area contributed by atoms with Crippen LogP contribution in [0.15, 0.2) is 43.2 Å². The van der Waals surface area contributed by atoms with E-state index in [0.29, 0.717) is 12.2 Å². The maximum absolute atomic E-state index is 12.9. The number of hydrogen-bond acceptors (Lipinski definition) is 8. The summed E-state index contributed by atoms with van der Waals surface area (Å²) in [5.41, 5.74) is 2.49. The van der Waals surface area contributed by atoms with Crippen LogP contribution in [0.4, 0.5) is 8.78 Å². The Bertz CT molecular complexity index is 1560. The lowest BCUT2D eigenvalue weighted by Crippen LogP contribution is -2.39. The van der Waals surface area contributed by atoms with E-state index < -0.39 is 12.3 Å². The molecule has 1 aliphatic carbocycles. The van der Waals surface area contributed by atoms with Crippen molar-refractivity contribution in [2.24, 2.45) is 7.05 Å². The molecule has 0 aliphatic heterocycles. The minimum absolute atomic E-state index is 0.0261. The van der Waals surface area contributed by atoms with Crippen LogP contribution in [0, 0.1) is 0 Å². The molecule has 5 heterocycles. The summed E-state index contributed by atoms with van der Waals surface area (Å²) in [6, 6.07) is 1.82. The number of hydrogen-bond donors (Lipinski definition) is 1. The van der Waals surface area contributed by atoms with Crippen molar-refractivity contribution in [1.29, 1.82) is 0 Å². The molecule has 190 valence electrons. The highest BCUT2D eigenvalue weighted by Crippen LogP contribution is 2.36. The van der Waals surface area contributed by atoms with Crippen molar-refractivity contribution in [3.8, 4) is 17.2 Å². The number of fused-ring (bicyclic) bond motifs is 1. The van der Waals surface area contributed by atoms with E-state index in [1.54, 1.807) is 34.2 Å². The first-order chi connectivity index (χ1) is 18.0. The third-order valence-corrected chi connectivity index (χ3v) is 7.46. The number of nitrogens with one attached hydrogen (secondary N) is 1. The van der Waals surface area contributed by atoms with Crippen molar-refractivity contribution in [3.63, 3.8) is 0 Å². The molecule has 1 N–H and O–H groups in total. The van der Waals surface area contributed by atoms with Crippen LogP contribution in [-0.2, 0) is 7.05 Å². The number of aryl methyl sites for hydroxylation is 1. The van der Waals surface area contributed by atoms with Gasteiger partial charge in [0.1, 0.15) is 11.3 Å². The number of thiazole rings is 1. The zero-order valence-corrected chi connectivity index (χ0v) is 20.5. The van der Waals surface area contributed by atoms with Crippen molar-refractivity contribution in [2.75, 3.05) is 0 Å². The second-order valence-corrected chi connectivity index (χ2v) is 10.0. The molecule has 2 atom stereocenters. The molecule has 2 unspecified atom stereocenters. The highest BCUT2D eigenvalue weighted by molar-refractivity contribution is 7.13. The fraction of sp³-hybridized carbons (Fsp3) is 0.348. The first-order valence-electron chi connectivity index (χ1n) is 11.7. The van der Waals surface area contributed by atoms with Gasteiger partial charge in [0.15, 0.2) is 10.8 Å². The van der Waals surface area contributed by atoms with Crippen molar-refractivity contribution in [2.45, 2.75) is 44.2 Å². The summed E-state index contributed by atoms with van der Waals surface area (Å²) in [6.45, 7) is 0. The molecule has 5 aromatic heterocycles. The Morgan fingerprint density at radius 3 is 2.84 bits per heavy atom. The summed E-state index contributed by atoms with van der Waals surface area (Å²) >= 11 is 0.722. The fourth-order valence-electron chi connectivity index (χ4n) is 4.82. The molecular formula is C23H22F2N10OS. The number of pyridine rings is 1. The first-order valence-corrected chi connectivity index (χ1v) is 12.6. The quantitative estimate of drug-likeness (QED) is 0.359. The molecular weight excluding hydrogens is 502 g/mol. The van der Waals surface area contributed by atoms with Crippen LogP contribution >= 0.6 is 11.3 Å². The van der Waals surface area contributed by atoms with Crippen molar-refractivity contribution >= 4 is 28.3 Å². The summed E-state index contributed by atoms with van der Waals surface area (Å²) in [6.07, 6.45) is 10.3. The van der Waals surface area contributed by atoms with E-state index in [0.717, 1.165) is 59.2 Å². The predicted octanol–water partition coefficient (Wildman–Crippen LogP) is 3.72. The molecule has 11 nitrogen and oxygen atoms in total. The van der Waals surface area contributed by atoms with Crippen molar-refractivity contribution in [3.05, 3.63) is 53.1 Å². The standard InChI is InChI=1S/C23H22F2N10OS/c1-33-12-13(9-29-33)21-31-16-10-26-19(34-6-5-28-32-34)8-17(16)35(21)15-4-2-3-14(7-15)30-22(36)23-27-11-18(37-23)20(24)25/h5-6,8-12,14-15,20H,2-4,7H2,1H3,(H,30,36). The number of carbonyl (C=O) groups excluding carboxylic acids is 1. The van der Waals surface area contributed by atoms with Crippen LogP contribution in [0.5, 0.6) is 0 Å². The number of carbonyl (C=O) groups is 1. The third kappa shape index (κ3) is 4.48. The summed E-state index contributed by atoms with van der Waals surface area (Å²) < 4.78 is 31.4. The monoisotopic (exact) mass is 524 g/mol. The number of aromatic nitrogens is 9. The van der Waals surface area contributed by atoms with Gasteiger partial charge in [0.2, 0.25) is 0 Å². The molecule has 1 saturated carbocycles. The number of halogens is 2. The zero-order chi connectivity index (χ0) is 25.5. The molecule has 1 aliphatic rings. The van der Waals surface area contributed by atoms with Gasteiger partial charge in [-0.05, 0) is 25.7 Å². The Morgan fingerprint density at radius 1 is 1.22 bits per heavy atom. The van der Waals surface area contributed by atoms with Crippen LogP contribution in [0.1, 0.15) is 52.8 Å². The van der Waals surface area contributed by atoms with Gasteiger partial charge < -0.3 is 9.88 Å². The van der Waals surface area contributed by atoms with E-state index in [1.807, 2.05) is 19.3 Å². The van der Waals surface area contributed by atoms with E-state index in [9.17, 15) is 13.6 Å². The largest absolute Gasteiger partial charge is 0.347 e. The Morgan fingerprint density at radius 2 is 2.11 bits per heavy atom. The van der Waals surface area contributed by atoms with Crippen LogP contribution in [0.2, 0.25) is 0 Å². The van der Waals surface area contributed by atoms with E-state index in [-0.39, 0.29) is 22.0 Å². The topological polar surface area (TPSA) is 121 Å². The smallest absolute Gasteiger partial charge is 0.280 e. The van der Waals surface area contributed by atoms with E-state index in [2.05, 4.69) is 35.3 Å². The lowest BCUT2D eigenvalue weighted by Gasteiger charge is -2.31. The molecule has 0 spiro atoms. The Hall–Kier alpha value is -4.07. The SMILES string of the molecule is Cn1cc(-c2nc3cnc(-n4ccnn4)cc3n2C2CCCC(NC(=O)c3ncc(C(F)F)s3)C2)cn1. The van der Waals surface area contributed by atoms with Crippen LogP contribution in [0.25, 0.3) is 28.2 Å². The second-order valence-electron chi connectivity index (χ2n) is 8.95. The van der Waals surface area contributed by atoms with Gasteiger partial charge in [-0.3, -0.25) is 9.48 Å². The lowest BCUT2D eigenvalue weighted by molar-refractivity contribution is 0.0920. The highest BCUT2D eigenvalue weighted by atomic mass is 32.1. The summed E-state index contributed by atoms with van der Waals surface area (Å²) in [5, 5.41) is 15.3. The Kier molecular flexibility index (Phi) is 5.94. The van der Waals surface area contributed by atoms with Gasteiger partial charge in [0.05, 0.1) is 40.7 Å². The molecule has 5 aromatic rings. The summed E-state index contributed by atoms with van der Waals surface area (Å²) in [5.74, 6) is 0.949. The van der Waals surface area contributed by atoms with E-state index in [1.165, 1.54) is 0 Å². The van der Waals surface area contributed by atoms with Gasteiger partial charge in [-0.25, -0.2) is 28.4 Å². The Balaban J connectivity index is 1.34. The number of alkyl halides is 2. The molecule has 0 bridgehead atoms. The van der Waals surface area contributed by atoms with Gasteiger partial charge in [-0.1, -0.05) is 5.21 Å². The molecule has 14 heteroatoms. The predicted molar refractivity (Wildman–Crippen MR) is 130 cm³/mol. The van der Waals surface area contributed by atoms with Crippen LogP contribution in [0.3, 0.4) is 0 Å². The van der Waals surface area contributed by atoms with Gasteiger partial charge >= 0.3 is 0 Å². The Labute approximate surface area is 213 Å². The number of amides is 1. The normalized spacial score (nSPS) is 18.1. The summed E-state index contributed by atoms with van der Waals surface area (Å²) in [7, 11) is 1.85. The number of rotatable bonds is 6. The molecule has 1 amide bonds. The van der Waals surface area contributed by atoms with Gasteiger partial charge in [0, 0.05) is 37.6 Å². The third-order valence-electron chi connectivity index (χ3n) is 6.46. The highest BCUT2D eigenvalue weighted by Gasteiger charge is 2.29. The van der Waals surface area contributed by atoms with Gasteiger partial charge in [0.25, 0.3) is 12.3 Å². The summed E-state index contributed by atoms with van der Waals surface area (Å²) in [4.78, 5) is 25.8. The van der Waals surface area contributed by atoms with Crippen molar-refractivity contribution in [1.82, 2.24) is 49.6 Å². The maximum Gasteiger partial charge on any atom is 0.280 e. The second kappa shape index (κ2) is 9.42. The maximum atomic E-state index is 12.9. The average molecular weight is 525 g/mol. The molecule has 1 fully saturated rings. The van der Waals surface area contributed by atoms with Crippen molar-refractivity contribution < 1.29 is 13.6 Å². The fourth-order valence-corrected chi connectivity index (χ4v) is 5.50. The van der Waals surface area contributed by atoms with E-state index >= 15 is 0 Å². The molecule has 0 saturated heterocycles. The molecule has 0 radical (unpaired) electrons. The lowest BCUT2D eigenvalue weighted by atomic mass is 9.90. The van der Waals surface area contributed by atoms with Gasteiger partial charge in [-0.2, -0.15) is 5.10 Å². The van der Waals surface area contributed by atoms with Gasteiger partial charge in [-0.15, -0.1) is 16.4 Å². The minimum Gasteiger partial charge on any atom is -0.347 e. The number of nitrogens with zero attached hydrogens (tertiary/aromatic N) is 9. The molecule has 6 rings (SSSR count). The number of imidazole rings is 1. The minimum atomic E-state index is -2.64. The molecule has 37 heavy (non-hydrogen) atoms. The first kappa shape index (κ1) is 23.3. The molecule has 0 aromatic carbocycles. The van der Waals surface area contributed by atoms with Crippen LogP contribution < -0.4 is 5.32 Å². The van der Waals surface area contributed by atoms with Crippen LogP contribution in [-0.4, -0.2) is 56.2 Å². The average Bonchev–Trinajstić information content (AvgIpc) is 3.69.